The fraction of sp³-hybridized carbons (Fsp3) is 0.391. The molecule has 0 aromatic heterocycles. The molecule has 2 aromatic rings. The van der Waals surface area contributed by atoms with Crippen molar-refractivity contribution in [3.8, 4) is 5.75 Å². The molecule has 0 radical (unpaired) electrons. The summed E-state index contributed by atoms with van der Waals surface area (Å²) in [5.41, 5.74) is 0.482. The first-order valence-electron chi connectivity index (χ1n) is 10.4. The Balaban J connectivity index is 0.00000341. The monoisotopic (exact) mass is 556 g/mol. The number of carbonyl (C=O) groups is 1. The first-order valence-corrected chi connectivity index (χ1v) is 10.8. The van der Waals surface area contributed by atoms with E-state index in [-0.39, 0.29) is 36.0 Å². The average Bonchev–Trinajstić information content (AvgIpc) is 2.77. The van der Waals surface area contributed by atoms with Crippen LogP contribution in [-0.2, 0) is 0 Å². The molecule has 0 atom stereocenters. The number of likely N-dealkylation sites (tertiary alicyclic amines) is 1. The molecule has 168 valence electrons. The molecule has 1 amide bonds. The Morgan fingerprint density at radius 2 is 1.77 bits per heavy atom. The van der Waals surface area contributed by atoms with Gasteiger partial charge in [-0.05, 0) is 31.2 Å². The lowest BCUT2D eigenvalue weighted by molar-refractivity contribution is 0.0954. The van der Waals surface area contributed by atoms with Gasteiger partial charge in [-0.1, -0.05) is 41.9 Å². The van der Waals surface area contributed by atoms with Crippen LogP contribution < -0.4 is 15.4 Å². The quantitative estimate of drug-likeness (QED) is 0.232. The highest BCUT2D eigenvalue weighted by atomic mass is 127. The molecule has 1 aliphatic heterocycles. The average molecular weight is 557 g/mol. The number of nitrogens with one attached hydrogen (secondary N) is 2. The summed E-state index contributed by atoms with van der Waals surface area (Å²) in [6.07, 6.45) is 2.12. The number of amides is 1. The van der Waals surface area contributed by atoms with Crippen molar-refractivity contribution in [2.45, 2.75) is 25.9 Å². The smallest absolute Gasteiger partial charge is 0.252 e. The van der Waals surface area contributed by atoms with Gasteiger partial charge in [-0.2, -0.15) is 0 Å². The lowest BCUT2D eigenvalue weighted by Gasteiger charge is -2.34. The summed E-state index contributed by atoms with van der Waals surface area (Å²) in [5.74, 6) is 1.62. The Kier molecular flexibility index (Phi) is 10.9. The first kappa shape index (κ1) is 25.3. The standard InChI is InChI=1S/C23H29ClN4O2.HI/c1-2-25-23(27-15-14-26-22(29)20-10-6-7-11-21(20)24)28-16-12-19(13-17-28)30-18-8-4-3-5-9-18;/h3-11,19H,2,12-17H2,1H3,(H,25,27)(H,26,29);1H. The van der Waals surface area contributed by atoms with Crippen LogP contribution in [0.25, 0.3) is 0 Å². The maximum absolute atomic E-state index is 12.2. The van der Waals surface area contributed by atoms with E-state index >= 15 is 0 Å². The number of rotatable bonds is 7. The Morgan fingerprint density at radius 3 is 2.45 bits per heavy atom. The molecule has 1 heterocycles. The fourth-order valence-corrected chi connectivity index (χ4v) is 3.60. The third-order valence-corrected chi connectivity index (χ3v) is 5.23. The van der Waals surface area contributed by atoms with E-state index in [0.29, 0.717) is 23.7 Å². The Bertz CT molecular complexity index is 842. The van der Waals surface area contributed by atoms with E-state index in [1.165, 1.54) is 0 Å². The molecule has 31 heavy (non-hydrogen) atoms. The number of aliphatic imine (C=N–C) groups is 1. The number of ether oxygens (including phenoxy) is 1. The van der Waals surface area contributed by atoms with Crippen molar-refractivity contribution in [2.75, 3.05) is 32.7 Å². The molecule has 1 aliphatic rings. The summed E-state index contributed by atoms with van der Waals surface area (Å²) in [4.78, 5) is 19.2. The molecule has 1 fully saturated rings. The van der Waals surface area contributed by atoms with Gasteiger partial charge in [0.05, 0.1) is 17.1 Å². The molecule has 1 saturated heterocycles. The maximum atomic E-state index is 12.2. The van der Waals surface area contributed by atoms with E-state index in [2.05, 4.69) is 27.4 Å². The summed E-state index contributed by atoms with van der Waals surface area (Å²) in [6.45, 7) is 5.57. The van der Waals surface area contributed by atoms with Crippen LogP contribution in [0, 0.1) is 0 Å². The van der Waals surface area contributed by atoms with Gasteiger partial charge in [0.2, 0.25) is 0 Å². The van der Waals surface area contributed by atoms with Crippen LogP contribution in [0.3, 0.4) is 0 Å². The predicted molar refractivity (Wildman–Crippen MR) is 137 cm³/mol. The van der Waals surface area contributed by atoms with Crippen LogP contribution in [0.2, 0.25) is 5.02 Å². The lowest BCUT2D eigenvalue weighted by atomic mass is 10.1. The minimum atomic E-state index is -0.181. The highest BCUT2D eigenvalue weighted by molar-refractivity contribution is 14.0. The number of carbonyl (C=O) groups excluding carboxylic acids is 1. The number of guanidine groups is 1. The Labute approximate surface area is 206 Å². The lowest BCUT2D eigenvalue weighted by Crippen LogP contribution is -2.47. The van der Waals surface area contributed by atoms with E-state index in [1.54, 1.807) is 24.3 Å². The number of halogens is 2. The minimum Gasteiger partial charge on any atom is -0.490 e. The molecule has 0 spiro atoms. The topological polar surface area (TPSA) is 66.0 Å². The molecule has 0 saturated carbocycles. The molecule has 3 rings (SSSR count). The maximum Gasteiger partial charge on any atom is 0.252 e. The second-order valence-electron chi connectivity index (χ2n) is 7.09. The SMILES string of the molecule is CCNC(=NCCNC(=O)c1ccccc1Cl)N1CCC(Oc2ccccc2)CC1.I. The van der Waals surface area contributed by atoms with Gasteiger partial charge in [-0.25, -0.2) is 0 Å². The van der Waals surface area contributed by atoms with Crippen LogP contribution in [0.5, 0.6) is 5.75 Å². The summed E-state index contributed by atoms with van der Waals surface area (Å²) in [5, 5.41) is 6.68. The predicted octanol–water partition coefficient (Wildman–Crippen LogP) is 4.20. The molecule has 8 heteroatoms. The molecular formula is C23H30ClIN4O2. The molecule has 2 aromatic carbocycles. The third-order valence-electron chi connectivity index (χ3n) is 4.90. The number of benzene rings is 2. The van der Waals surface area contributed by atoms with Gasteiger partial charge in [0.15, 0.2) is 5.96 Å². The van der Waals surface area contributed by atoms with Crippen LogP contribution in [0.1, 0.15) is 30.1 Å². The van der Waals surface area contributed by atoms with Crippen LogP contribution >= 0.6 is 35.6 Å². The summed E-state index contributed by atoms with van der Waals surface area (Å²) < 4.78 is 6.07. The molecule has 6 nitrogen and oxygen atoms in total. The fourth-order valence-electron chi connectivity index (χ4n) is 3.37. The molecule has 0 unspecified atom stereocenters. The van der Waals surface area contributed by atoms with Crippen molar-refractivity contribution < 1.29 is 9.53 Å². The van der Waals surface area contributed by atoms with E-state index in [1.807, 2.05) is 30.3 Å². The molecule has 0 aliphatic carbocycles. The van der Waals surface area contributed by atoms with Crippen molar-refractivity contribution in [2.24, 2.45) is 4.99 Å². The number of hydrogen-bond donors (Lipinski definition) is 2. The van der Waals surface area contributed by atoms with Crippen LogP contribution in [0.4, 0.5) is 0 Å². The van der Waals surface area contributed by atoms with Gasteiger partial charge >= 0.3 is 0 Å². The van der Waals surface area contributed by atoms with Gasteiger partial charge in [0.1, 0.15) is 11.9 Å². The van der Waals surface area contributed by atoms with E-state index in [4.69, 9.17) is 16.3 Å². The number of nitrogens with zero attached hydrogens (tertiary/aromatic N) is 2. The van der Waals surface area contributed by atoms with Crippen LogP contribution in [-0.4, -0.2) is 55.6 Å². The molecule has 0 bridgehead atoms. The van der Waals surface area contributed by atoms with Crippen molar-refractivity contribution in [1.82, 2.24) is 15.5 Å². The zero-order valence-corrected chi connectivity index (χ0v) is 20.8. The zero-order valence-electron chi connectivity index (χ0n) is 17.7. The van der Waals surface area contributed by atoms with Gasteiger partial charge < -0.3 is 20.3 Å². The highest BCUT2D eigenvalue weighted by Gasteiger charge is 2.22. The first-order chi connectivity index (χ1) is 14.7. The van der Waals surface area contributed by atoms with Crippen LogP contribution in [0.15, 0.2) is 59.6 Å². The third kappa shape index (κ3) is 7.88. The van der Waals surface area contributed by atoms with Crippen molar-refractivity contribution in [3.63, 3.8) is 0 Å². The summed E-state index contributed by atoms with van der Waals surface area (Å²) >= 11 is 6.07. The number of hydrogen-bond acceptors (Lipinski definition) is 3. The highest BCUT2D eigenvalue weighted by Crippen LogP contribution is 2.18. The van der Waals surface area contributed by atoms with E-state index in [0.717, 1.165) is 44.2 Å². The molecule has 2 N–H and O–H groups in total. The summed E-state index contributed by atoms with van der Waals surface area (Å²) in [6, 6.07) is 17.0. The van der Waals surface area contributed by atoms with Gasteiger partial charge in [-0.15, -0.1) is 24.0 Å². The number of piperidine rings is 1. The number of para-hydroxylation sites is 1. The second kappa shape index (κ2) is 13.4. The summed E-state index contributed by atoms with van der Waals surface area (Å²) in [7, 11) is 0. The van der Waals surface area contributed by atoms with Gasteiger partial charge in [0.25, 0.3) is 5.91 Å². The van der Waals surface area contributed by atoms with E-state index in [9.17, 15) is 4.79 Å². The van der Waals surface area contributed by atoms with Crippen molar-refractivity contribution >= 4 is 47.4 Å². The van der Waals surface area contributed by atoms with Gasteiger partial charge in [0, 0.05) is 39.0 Å². The second-order valence-corrected chi connectivity index (χ2v) is 7.50. The van der Waals surface area contributed by atoms with Gasteiger partial charge in [-0.3, -0.25) is 9.79 Å². The zero-order chi connectivity index (χ0) is 21.2. The Morgan fingerprint density at radius 1 is 1.10 bits per heavy atom. The van der Waals surface area contributed by atoms with Crippen molar-refractivity contribution in [1.29, 1.82) is 0 Å². The normalized spacial score (nSPS) is 14.5. The van der Waals surface area contributed by atoms with Crippen molar-refractivity contribution in [3.05, 3.63) is 65.2 Å². The Hall–Kier alpha value is -2.00. The largest absolute Gasteiger partial charge is 0.490 e. The van der Waals surface area contributed by atoms with E-state index < -0.39 is 0 Å². The molecular weight excluding hydrogens is 527 g/mol. The minimum absolute atomic E-state index is 0.